The van der Waals surface area contributed by atoms with Crippen molar-refractivity contribution in [2.24, 2.45) is 7.05 Å². The van der Waals surface area contributed by atoms with Crippen LogP contribution in [0.3, 0.4) is 0 Å². The normalized spacial score (nSPS) is 18.2. The van der Waals surface area contributed by atoms with Gasteiger partial charge in [0.05, 0.1) is 11.0 Å². The fraction of sp³-hybridized carbons (Fsp3) is 0.471. The molecule has 1 aliphatic rings. The van der Waals surface area contributed by atoms with E-state index in [-0.39, 0.29) is 24.3 Å². The van der Waals surface area contributed by atoms with Crippen molar-refractivity contribution in [2.45, 2.75) is 31.6 Å². The smallest absolute Gasteiger partial charge is 0.329 e. The number of benzene rings is 1. The molecule has 0 bridgehead atoms. The second-order valence-corrected chi connectivity index (χ2v) is 6.11. The number of nitrogens with one attached hydrogen (secondary N) is 1. The van der Waals surface area contributed by atoms with E-state index in [4.69, 9.17) is 9.47 Å². The lowest BCUT2D eigenvalue weighted by Gasteiger charge is -2.22. The van der Waals surface area contributed by atoms with Gasteiger partial charge < -0.3 is 9.47 Å². The number of nitrogens with zero attached hydrogens (tertiary/aromatic N) is 2. The van der Waals surface area contributed by atoms with Gasteiger partial charge in [-0.15, -0.1) is 0 Å². The van der Waals surface area contributed by atoms with E-state index in [2.05, 4.69) is 5.32 Å². The van der Waals surface area contributed by atoms with Crippen LogP contribution in [0.4, 0.5) is 0 Å². The minimum Gasteiger partial charge on any atom is -0.356 e. The third-order valence-electron chi connectivity index (χ3n) is 4.60. The van der Waals surface area contributed by atoms with Crippen molar-refractivity contribution < 1.29 is 19.1 Å². The van der Waals surface area contributed by atoms with Crippen LogP contribution in [0.2, 0.25) is 0 Å². The summed E-state index contributed by atoms with van der Waals surface area (Å²) in [5.74, 6) is -0.740. The summed E-state index contributed by atoms with van der Waals surface area (Å²) in [5.41, 5.74) is 2.06. The molecule has 1 N–H and O–H groups in total. The predicted octanol–water partition coefficient (Wildman–Crippen LogP) is 0.479. The molecule has 0 saturated carbocycles. The number of imide groups is 1. The lowest BCUT2D eigenvalue weighted by Crippen LogP contribution is -2.44. The molecule has 2 aromatic rings. The molecular formula is C17H21N3O5. The number of amides is 2. The molecule has 1 fully saturated rings. The van der Waals surface area contributed by atoms with E-state index in [1.807, 2.05) is 18.2 Å². The Morgan fingerprint density at radius 3 is 2.56 bits per heavy atom. The fourth-order valence-electron chi connectivity index (χ4n) is 3.22. The van der Waals surface area contributed by atoms with Gasteiger partial charge in [0.25, 0.3) is 0 Å². The molecule has 2 heterocycles. The first-order valence-electron chi connectivity index (χ1n) is 8.05. The zero-order chi connectivity index (χ0) is 18.1. The number of aryl methyl sites for hydroxylation is 1. The Balaban J connectivity index is 2.04. The second-order valence-electron chi connectivity index (χ2n) is 6.11. The molecule has 134 valence electrons. The molecule has 8 heteroatoms. The van der Waals surface area contributed by atoms with Crippen molar-refractivity contribution in [3.05, 3.63) is 34.2 Å². The number of carbonyl (C=O) groups excluding carboxylic acids is 2. The highest BCUT2D eigenvalue weighted by Crippen LogP contribution is 2.24. The Bertz CT molecular complexity index is 878. The van der Waals surface area contributed by atoms with E-state index in [9.17, 15) is 14.4 Å². The maximum atomic E-state index is 12.7. The molecule has 0 radical (unpaired) electrons. The first-order chi connectivity index (χ1) is 12.0. The standard InChI is InChI=1S/C17H21N3O5/c1-19-13-8-10(9-15(24-2)25-3)4-5-11(13)20(17(19)23)12-6-7-14(21)18-16(12)22/h4-5,8,12,15H,6-7,9H2,1-3H3,(H,18,21,22). The van der Waals surface area contributed by atoms with E-state index in [0.717, 1.165) is 11.1 Å². The molecule has 25 heavy (non-hydrogen) atoms. The lowest BCUT2D eigenvalue weighted by molar-refractivity contribution is -0.135. The van der Waals surface area contributed by atoms with Crippen LogP contribution in [0.5, 0.6) is 0 Å². The van der Waals surface area contributed by atoms with E-state index in [0.29, 0.717) is 18.4 Å². The number of piperidine rings is 1. The van der Waals surface area contributed by atoms with Crippen LogP contribution in [0.25, 0.3) is 11.0 Å². The van der Waals surface area contributed by atoms with Crippen molar-refractivity contribution in [2.75, 3.05) is 14.2 Å². The minimum atomic E-state index is -0.676. The highest BCUT2D eigenvalue weighted by molar-refractivity contribution is 6.00. The van der Waals surface area contributed by atoms with Crippen LogP contribution < -0.4 is 11.0 Å². The lowest BCUT2D eigenvalue weighted by atomic mass is 10.1. The van der Waals surface area contributed by atoms with Gasteiger partial charge in [-0.25, -0.2) is 4.79 Å². The molecule has 1 atom stereocenters. The van der Waals surface area contributed by atoms with Crippen LogP contribution in [0.1, 0.15) is 24.4 Å². The van der Waals surface area contributed by atoms with Crippen molar-refractivity contribution in [3.63, 3.8) is 0 Å². The van der Waals surface area contributed by atoms with Crippen molar-refractivity contribution in [3.8, 4) is 0 Å². The largest absolute Gasteiger partial charge is 0.356 e. The van der Waals surface area contributed by atoms with Gasteiger partial charge >= 0.3 is 5.69 Å². The molecular weight excluding hydrogens is 326 g/mol. The molecule has 1 aliphatic heterocycles. The van der Waals surface area contributed by atoms with Crippen LogP contribution in [0, 0.1) is 0 Å². The molecule has 0 aliphatic carbocycles. The van der Waals surface area contributed by atoms with Gasteiger partial charge in [0.15, 0.2) is 6.29 Å². The van der Waals surface area contributed by atoms with Crippen molar-refractivity contribution in [1.29, 1.82) is 0 Å². The maximum absolute atomic E-state index is 12.7. The van der Waals surface area contributed by atoms with Crippen LogP contribution in [-0.2, 0) is 32.5 Å². The molecule has 8 nitrogen and oxygen atoms in total. The van der Waals surface area contributed by atoms with E-state index in [1.54, 1.807) is 21.3 Å². The van der Waals surface area contributed by atoms with Gasteiger partial charge in [0.1, 0.15) is 6.04 Å². The van der Waals surface area contributed by atoms with Crippen LogP contribution >= 0.6 is 0 Å². The van der Waals surface area contributed by atoms with Gasteiger partial charge in [-0.2, -0.15) is 0 Å². The zero-order valence-electron chi connectivity index (χ0n) is 14.4. The number of ether oxygens (including phenoxy) is 2. The Morgan fingerprint density at radius 2 is 1.92 bits per heavy atom. The van der Waals surface area contributed by atoms with E-state index < -0.39 is 11.9 Å². The minimum absolute atomic E-state index is 0.223. The summed E-state index contributed by atoms with van der Waals surface area (Å²) in [6, 6.07) is 4.92. The third kappa shape index (κ3) is 3.10. The Labute approximate surface area is 144 Å². The van der Waals surface area contributed by atoms with Gasteiger partial charge in [-0.05, 0) is 24.1 Å². The van der Waals surface area contributed by atoms with E-state index in [1.165, 1.54) is 9.13 Å². The average molecular weight is 347 g/mol. The summed E-state index contributed by atoms with van der Waals surface area (Å²) >= 11 is 0. The second kappa shape index (κ2) is 6.81. The molecule has 1 saturated heterocycles. The first kappa shape index (κ1) is 17.4. The van der Waals surface area contributed by atoms with Crippen molar-refractivity contribution >= 4 is 22.8 Å². The highest BCUT2D eigenvalue weighted by Gasteiger charge is 2.31. The van der Waals surface area contributed by atoms with Crippen LogP contribution in [-0.4, -0.2) is 41.5 Å². The Kier molecular flexibility index (Phi) is 4.73. The Hall–Kier alpha value is -2.45. The summed E-state index contributed by atoms with van der Waals surface area (Å²) in [4.78, 5) is 36.2. The summed E-state index contributed by atoms with van der Waals surface area (Å²) in [6.07, 6.45) is 0.717. The topological polar surface area (TPSA) is 91.6 Å². The Morgan fingerprint density at radius 1 is 1.20 bits per heavy atom. The first-order valence-corrected chi connectivity index (χ1v) is 8.05. The molecule has 1 unspecified atom stereocenters. The van der Waals surface area contributed by atoms with Gasteiger partial charge in [-0.3, -0.25) is 24.0 Å². The molecule has 3 rings (SSSR count). The maximum Gasteiger partial charge on any atom is 0.329 e. The fourth-order valence-corrected chi connectivity index (χ4v) is 3.22. The zero-order valence-corrected chi connectivity index (χ0v) is 14.4. The number of hydrogen-bond acceptors (Lipinski definition) is 5. The quantitative estimate of drug-likeness (QED) is 0.627. The summed E-state index contributed by atoms with van der Waals surface area (Å²) in [6.45, 7) is 0. The van der Waals surface area contributed by atoms with Crippen molar-refractivity contribution in [1.82, 2.24) is 14.5 Å². The summed E-state index contributed by atoms with van der Waals surface area (Å²) < 4.78 is 13.4. The number of methoxy groups -OCH3 is 2. The van der Waals surface area contributed by atoms with Crippen LogP contribution in [0.15, 0.2) is 23.0 Å². The number of rotatable bonds is 5. The van der Waals surface area contributed by atoms with Gasteiger partial charge in [-0.1, -0.05) is 6.07 Å². The number of carbonyl (C=O) groups is 2. The average Bonchev–Trinajstić information content (AvgIpc) is 2.84. The number of aromatic nitrogens is 2. The number of fused-ring (bicyclic) bond motifs is 1. The molecule has 1 aromatic carbocycles. The number of imidazole rings is 1. The highest BCUT2D eigenvalue weighted by atomic mass is 16.7. The monoisotopic (exact) mass is 347 g/mol. The molecule has 1 aromatic heterocycles. The predicted molar refractivity (Wildman–Crippen MR) is 90.1 cm³/mol. The SMILES string of the molecule is COC(Cc1ccc2c(c1)n(C)c(=O)n2C1CCC(=O)NC1=O)OC. The summed E-state index contributed by atoms with van der Waals surface area (Å²) in [5, 5.41) is 2.30. The third-order valence-corrected chi connectivity index (χ3v) is 4.60. The molecule has 0 spiro atoms. The summed E-state index contributed by atoms with van der Waals surface area (Å²) in [7, 11) is 4.81. The number of hydrogen-bond donors (Lipinski definition) is 1. The van der Waals surface area contributed by atoms with Gasteiger partial charge in [0.2, 0.25) is 11.8 Å². The van der Waals surface area contributed by atoms with E-state index >= 15 is 0 Å². The molecule has 2 amide bonds. The van der Waals surface area contributed by atoms with Gasteiger partial charge in [0, 0.05) is 34.1 Å².